The number of ether oxygens (including phenoxy) is 1. The van der Waals surface area contributed by atoms with Gasteiger partial charge in [0.05, 0.1) is 17.9 Å². The summed E-state index contributed by atoms with van der Waals surface area (Å²) in [4.78, 5) is 2.13. The van der Waals surface area contributed by atoms with Crippen LogP contribution < -0.4 is 4.90 Å². The predicted octanol–water partition coefficient (Wildman–Crippen LogP) is 1.41. The average Bonchev–Trinajstić information content (AvgIpc) is 2.68. The van der Waals surface area contributed by atoms with Gasteiger partial charge < -0.3 is 9.64 Å². The molecule has 0 unspecified atom stereocenters. The number of piperazine rings is 1. The normalized spacial score (nSPS) is 25.3. The molecule has 0 N–H and O–H groups in total. The number of nitrogens with zero attached hydrogens (tertiary/aromatic N) is 5. The van der Waals surface area contributed by atoms with E-state index in [9.17, 15) is 8.42 Å². The number of benzene rings is 1. The van der Waals surface area contributed by atoms with E-state index in [-0.39, 0.29) is 12.2 Å². The summed E-state index contributed by atoms with van der Waals surface area (Å²) in [5.41, 5.74) is 0.899. The van der Waals surface area contributed by atoms with Gasteiger partial charge in [-0.2, -0.15) is 22.1 Å². The highest BCUT2D eigenvalue weighted by Crippen LogP contribution is 2.27. The Hall–Kier alpha value is -1.81. The lowest BCUT2D eigenvalue weighted by atomic mass is 10.1. The molecule has 0 aliphatic carbocycles. The molecule has 2 aliphatic rings. The molecule has 2 atom stereocenters. The zero-order valence-electron chi connectivity index (χ0n) is 16.6. The summed E-state index contributed by atoms with van der Waals surface area (Å²) in [5, 5.41) is 10.8. The molecule has 1 aromatic carbocycles. The zero-order chi connectivity index (χ0) is 19.9. The number of fused-ring (bicyclic) bond motifs is 1. The number of aryl methyl sites for hydroxylation is 1. The van der Waals surface area contributed by atoms with Crippen molar-refractivity contribution in [3.8, 4) is 0 Å². The fraction of sp³-hybridized carbons (Fsp3) is 0.579. The summed E-state index contributed by atoms with van der Waals surface area (Å²) in [5.74, 6) is 0.826. The first-order chi connectivity index (χ1) is 13.4. The number of anilines is 1. The van der Waals surface area contributed by atoms with Crippen molar-refractivity contribution in [1.82, 2.24) is 18.8 Å². The molecule has 9 heteroatoms. The smallest absolute Gasteiger partial charge is 0.282 e. The van der Waals surface area contributed by atoms with Gasteiger partial charge in [-0.15, -0.1) is 5.10 Å². The second kappa shape index (κ2) is 7.55. The lowest BCUT2D eigenvalue weighted by Gasteiger charge is -2.40. The van der Waals surface area contributed by atoms with Crippen LogP contribution in [0.25, 0.3) is 10.8 Å². The Morgan fingerprint density at radius 2 is 1.54 bits per heavy atom. The van der Waals surface area contributed by atoms with E-state index in [1.54, 1.807) is 8.61 Å². The summed E-state index contributed by atoms with van der Waals surface area (Å²) in [7, 11) is -3.48. The van der Waals surface area contributed by atoms with Gasteiger partial charge in [-0.3, -0.25) is 0 Å². The van der Waals surface area contributed by atoms with Crippen LogP contribution in [0, 0.1) is 6.92 Å². The maximum atomic E-state index is 13.1. The third-order valence-electron chi connectivity index (χ3n) is 5.43. The van der Waals surface area contributed by atoms with Gasteiger partial charge in [-0.05, 0) is 20.8 Å². The second-order valence-corrected chi connectivity index (χ2v) is 9.55. The lowest BCUT2D eigenvalue weighted by molar-refractivity contribution is -0.0455. The van der Waals surface area contributed by atoms with Crippen LogP contribution in [0.3, 0.4) is 0 Å². The van der Waals surface area contributed by atoms with E-state index in [2.05, 4.69) is 15.1 Å². The molecule has 2 fully saturated rings. The molecule has 4 rings (SSSR count). The van der Waals surface area contributed by atoms with Gasteiger partial charge in [-0.1, -0.05) is 24.3 Å². The van der Waals surface area contributed by atoms with Gasteiger partial charge in [-0.25, -0.2) is 0 Å². The molecule has 3 heterocycles. The number of hydrogen-bond acceptors (Lipinski definition) is 6. The molecule has 0 spiro atoms. The Balaban J connectivity index is 1.50. The molecule has 1 aromatic heterocycles. The van der Waals surface area contributed by atoms with Gasteiger partial charge in [0, 0.05) is 50.0 Å². The Morgan fingerprint density at radius 3 is 2.18 bits per heavy atom. The van der Waals surface area contributed by atoms with E-state index in [1.165, 1.54) is 0 Å². The summed E-state index contributed by atoms with van der Waals surface area (Å²) >= 11 is 0. The first-order valence-corrected chi connectivity index (χ1v) is 11.1. The summed E-state index contributed by atoms with van der Waals surface area (Å²) in [6, 6.07) is 8.08. The molecule has 0 amide bonds. The number of morpholine rings is 1. The van der Waals surface area contributed by atoms with Crippen molar-refractivity contribution in [3.63, 3.8) is 0 Å². The third-order valence-corrected chi connectivity index (χ3v) is 7.40. The lowest BCUT2D eigenvalue weighted by Crippen LogP contribution is -2.57. The van der Waals surface area contributed by atoms with Gasteiger partial charge in [0.25, 0.3) is 10.2 Å². The largest absolute Gasteiger partial charge is 0.373 e. The van der Waals surface area contributed by atoms with E-state index in [4.69, 9.17) is 4.74 Å². The highest BCUT2D eigenvalue weighted by molar-refractivity contribution is 7.86. The van der Waals surface area contributed by atoms with Crippen LogP contribution in [-0.2, 0) is 14.9 Å². The summed E-state index contributed by atoms with van der Waals surface area (Å²) in [6.07, 6.45) is -0.178. The van der Waals surface area contributed by atoms with E-state index in [0.29, 0.717) is 39.3 Å². The van der Waals surface area contributed by atoms with Crippen LogP contribution >= 0.6 is 0 Å². The highest BCUT2D eigenvalue weighted by atomic mass is 32.2. The van der Waals surface area contributed by atoms with Gasteiger partial charge in [0.15, 0.2) is 5.82 Å². The predicted molar refractivity (Wildman–Crippen MR) is 109 cm³/mol. The van der Waals surface area contributed by atoms with Crippen LogP contribution in [0.1, 0.15) is 19.5 Å². The van der Waals surface area contributed by atoms with Crippen LogP contribution in [0.2, 0.25) is 0 Å². The summed E-state index contributed by atoms with van der Waals surface area (Å²) < 4.78 is 35.0. The van der Waals surface area contributed by atoms with Crippen LogP contribution in [-0.4, -0.2) is 78.7 Å². The van der Waals surface area contributed by atoms with Crippen LogP contribution in [0.5, 0.6) is 0 Å². The average molecular weight is 406 g/mol. The third kappa shape index (κ3) is 3.59. The maximum absolute atomic E-state index is 13.1. The Morgan fingerprint density at radius 1 is 0.929 bits per heavy atom. The monoisotopic (exact) mass is 405 g/mol. The van der Waals surface area contributed by atoms with Crippen molar-refractivity contribution in [3.05, 3.63) is 30.0 Å². The van der Waals surface area contributed by atoms with E-state index in [1.807, 2.05) is 45.0 Å². The molecule has 2 aliphatic heterocycles. The molecule has 8 nitrogen and oxygen atoms in total. The SMILES string of the molecule is Cc1nnc(N2CCN(S(=O)(=O)N3C[C@@H](C)O[C@H](C)C3)CC2)c2ccccc12. The van der Waals surface area contributed by atoms with E-state index < -0.39 is 10.2 Å². The Labute approximate surface area is 166 Å². The molecule has 2 aromatic rings. The fourth-order valence-electron chi connectivity index (χ4n) is 4.07. The quantitative estimate of drug-likeness (QED) is 0.768. The zero-order valence-corrected chi connectivity index (χ0v) is 17.4. The maximum Gasteiger partial charge on any atom is 0.282 e. The fourth-order valence-corrected chi connectivity index (χ4v) is 5.82. The molecular weight excluding hydrogens is 378 g/mol. The number of aromatic nitrogens is 2. The number of hydrogen-bond donors (Lipinski definition) is 0. The molecule has 0 bridgehead atoms. The van der Waals surface area contributed by atoms with Crippen molar-refractivity contribution >= 4 is 26.8 Å². The Kier molecular flexibility index (Phi) is 5.26. The van der Waals surface area contributed by atoms with Crippen LogP contribution in [0.4, 0.5) is 5.82 Å². The Bertz CT molecular complexity index is 949. The van der Waals surface area contributed by atoms with Crippen molar-refractivity contribution in [2.45, 2.75) is 33.0 Å². The topological polar surface area (TPSA) is 78.9 Å². The standard InChI is InChI=1S/C19H27N5O3S/c1-14-12-24(13-15(2)27-14)28(25,26)23-10-8-22(9-11-23)19-18-7-5-4-6-17(18)16(3)20-21-19/h4-7,14-15H,8-13H2,1-3H3/t14-,15-/m1/s1. The molecule has 0 saturated carbocycles. The first-order valence-electron chi connectivity index (χ1n) is 9.74. The van der Waals surface area contributed by atoms with Gasteiger partial charge in [0.2, 0.25) is 0 Å². The minimum absolute atomic E-state index is 0.0889. The number of rotatable bonds is 3. The van der Waals surface area contributed by atoms with Gasteiger partial charge in [0.1, 0.15) is 0 Å². The second-order valence-electron chi connectivity index (χ2n) is 7.62. The van der Waals surface area contributed by atoms with Crippen molar-refractivity contribution < 1.29 is 13.2 Å². The van der Waals surface area contributed by atoms with E-state index >= 15 is 0 Å². The van der Waals surface area contributed by atoms with Crippen molar-refractivity contribution in [1.29, 1.82) is 0 Å². The molecule has 28 heavy (non-hydrogen) atoms. The van der Waals surface area contributed by atoms with Crippen molar-refractivity contribution in [2.24, 2.45) is 0 Å². The first kappa shape index (κ1) is 19.5. The molecule has 0 radical (unpaired) electrons. The molecule has 152 valence electrons. The van der Waals surface area contributed by atoms with Crippen molar-refractivity contribution in [2.75, 3.05) is 44.2 Å². The molecular formula is C19H27N5O3S. The minimum Gasteiger partial charge on any atom is -0.373 e. The summed E-state index contributed by atoms with van der Waals surface area (Å²) in [6.45, 7) is 8.65. The van der Waals surface area contributed by atoms with Crippen LogP contribution in [0.15, 0.2) is 24.3 Å². The van der Waals surface area contributed by atoms with E-state index in [0.717, 1.165) is 22.3 Å². The molecule has 2 saturated heterocycles. The van der Waals surface area contributed by atoms with Gasteiger partial charge >= 0.3 is 0 Å². The highest BCUT2D eigenvalue weighted by Gasteiger charge is 2.37. The minimum atomic E-state index is -3.48.